The zero-order valence-corrected chi connectivity index (χ0v) is 22.0. The quantitative estimate of drug-likeness (QED) is 0.377. The van der Waals surface area contributed by atoms with E-state index in [0.29, 0.717) is 49.2 Å². The van der Waals surface area contributed by atoms with Gasteiger partial charge in [0, 0.05) is 24.8 Å². The molecule has 1 N–H and O–H groups in total. The molecule has 4 aromatic rings. The molecule has 1 unspecified atom stereocenters. The maximum Gasteiger partial charge on any atom is 0.163 e. The fourth-order valence-corrected chi connectivity index (χ4v) is 5.22. The van der Waals surface area contributed by atoms with Crippen LogP contribution >= 0.6 is 0 Å². The van der Waals surface area contributed by atoms with Crippen molar-refractivity contribution in [1.82, 2.24) is 39.5 Å². The molecule has 0 aliphatic carbocycles. The second kappa shape index (κ2) is 9.88. The first-order valence-electron chi connectivity index (χ1n) is 12.9. The van der Waals surface area contributed by atoms with Gasteiger partial charge in [0.25, 0.3) is 0 Å². The average Bonchev–Trinajstić information content (AvgIpc) is 3.44. The summed E-state index contributed by atoms with van der Waals surface area (Å²) in [5.41, 5.74) is 2.02. The highest BCUT2D eigenvalue weighted by Gasteiger charge is 2.37. The molecule has 0 amide bonds. The predicted octanol–water partition coefficient (Wildman–Crippen LogP) is 2.41. The molecule has 2 aliphatic heterocycles. The van der Waals surface area contributed by atoms with Gasteiger partial charge in [0.2, 0.25) is 0 Å². The molecule has 2 fully saturated rings. The van der Waals surface area contributed by atoms with Crippen molar-refractivity contribution in [2.75, 3.05) is 32.9 Å². The number of likely N-dealkylation sites (tertiary alicyclic amines) is 1. The van der Waals surface area contributed by atoms with Crippen molar-refractivity contribution in [3.8, 4) is 17.0 Å². The zero-order valence-electron chi connectivity index (χ0n) is 22.0. The Morgan fingerprint density at radius 2 is 1.97 bits per heavy atom. The molecule has 3 atom stereocenters. The van der Waals surface area contributed by atoms with Crippen LogP contribution in [-0.4, -0.2) is 89.7 Å². The second-order valence-corrected chi connectivity index (χ2v) is 10.5. The summed E-state index contributed by atoms with van der Waals surface area (Å²) in [4.78, 5) is 9.93. The number of hydrogen-bond acceptors (Lipinski definition) is 9. The SMILES string of the molecule is Cc1cnn2cc(-c3nnn(C4CCN(C5COC5)C[C@@H]4F)c3C)cc(OC[C@@](C)(O)c3ncc(F)cn3)c12. The smallest absolute Gasteiger partial charge is 0.163 e. The summed E-state index contributed by atoms with van der Waals surface area (Å²) in [7, 11) is 0. The van der Waals surface area contributed by atoms with Crippen LogP contribution in [-0.2, 0) is 10.3 Å². The summed E-state index contributed by atoms with van der Waals surface area (Å²) in [6.07, 6.45) is 5.09. The molecular weight excluding hydrogens is 510 g/mol. The predicted molar refractivity (Wildman–Crippen MR) is 135 cm³/mol. The summed E-state index contributed by atoms with van der Waals surface area (Å²) in [5, 5.41) is 24.1. The molecule has 2 aliphatic rings. The van der Waals surface area contributed by atoms with Crippen LogP contribution in [0.25, 0.3) is 16.8 Å². The highest BCUT2D eigenvalue weighted by molar-refractivity contribution is 5.72. The first-order chi connectivity index (χ1) is 18.7. The molecule has 4 aromatic heterocycles. The molecule has 13 heteroatoms. The summed E-state index contributed by atoms with van der Waals surface area (Å²) >= 11 is 0. The lowest BCUT2D eigenvalue weighted by Gasteiger charge is -2.42. The van der Waals surface area contributed by atoms with Gasteiger partial charge in [0.05, 0.1) is 49.6 Å². The highest BCUT2D eigenvalue weighted by Crippen LogP contribution is 2.34. The van der Waals surface area contributed by atoms with Crippen molar-refractivity contribution in [3.05, 3.63) is 53.8 Å². The Balaban J connectivity index is 1.27. The molecule has 6 heterocycles. The molecule has 0 aromatic carbocycles. The van der Waals surface area contributed by atoms with E-state index in [1.165, 1.54) is 6.92 Å². The number of alkyl halides is 1. The Morgan fingerprint density at radius 1 is 1.21 bits per heavy atom. The molecule has 206 valence electrons. The van der Waals surface area contributed by atoms with E-state index in [4.69, 9.17) is 9.47 Å². The minimum atomic E-state index is -1.58. The number of halogens is 2. The van der Waals surface area contributed by atoms with Crippen LogP contribution in [0.1, 0.15) is 36.5 Å². The first-order valence-corrected chi connectivity index (χ1v) is 12.9. The average molecular weight is 541 g/mol. The van der Waals surface area contributed by atoms with Gasteiger partial charge in [0.1, 0.15) is 29.7 Å². The van der Waals surface area contributed by atoms with Crippen molar-refractivity contribution in [3.63, 3.8) is 0 Å². The number of nitrogens with zero attached hydrogens (tertiary/aromatic N) is 8. The number of hydrogen-bond donors (Lipinski definition) is 1. The third-order valence-corrected chi connectivity index (χ3v) is 7.56. The summed E-state index contributed by atoms with van der Waals surface area (Å²) in [5.74, 6) is -0.101. The van der Waals surface area contributed by atoms with Crippen LogP contribution in [0.4, 0.5) is 8.78 Å². The molecule has 39 heavy (non-hydrogen) atoms. The Kier molecular flexibility index (Phi) is 6.52. The van der Waals surface area contributed by atoms with Gasteiger partial charge in [-0.1, -0.05) is 5.21 Å². The molecule has 0 radical (unpaired) electrons. The van der Waals surface area contributed by atoms with Gasteiger partial charge in [-0.15, -0.1) is 5.10 Å². The van der Waals surface area contributed by atoms with E-state index in [-0.39, 0.29) is 12.4 Å². The van der Waals surface area contributed by atoms with Gasteiger partial charge in [0.15, 0.2) is 17.2 Å². The first kappa shape index (κ1) is 25.7. The summed E-state index contributed by atoms with van der Waals surface area (Å²) in [6.45, 7) is 7.54. The number of ether oxygens (including phenoxy) is 2. The van der Waals surface area contributed by atoms with Gasteiger partial charge in [-0.2, -0.15) is 5.10 Å². The number of aryl methyl sites for hydroxylation is 1. The Morgan fingerprint density at radius 3 is 2.67 bits per heavy atom. The van der Waals surface area contributed by atoms with E-state index >= 15 is 4.39 Å². The van der Waals surface area contributed by atoms with Crippen LogP contribution in [0.3, 0.4) is 0 Å². The molecule has 0 saturated carbocycles. The number of fused-ring (bicyclic) bond motifs is 1. The fourth-order valence-electron chi connectivity index (χ4n) is 5.22. The molecule has 11 nitrogen and oxygen atoms in total. The lowest BCUT2D eigenvalue weighted by molar-refractivity contribution is -0.0849. The third-order valence-electron chi connectivity index (χ3n) is 7.56. The lowest BCUT2D eigenvalue weighted by Crippen LogP contribution is -2.55. The molecule has 6 rings (SSSR count). The van der Waals surface area contributed by atoms with Crippen molar-refractivity contribution in [2.24, 2.45) is 0 Å². The molecule has 0 bridgehead atoms. The maximum atomic E-state index is 15.3. The number of aliphatic hydroxyl groups is 1. The normalized spacial score (nSPS) is 22.1. The Bertz CT molecular complexity index is 1480. The van der Waals surface area contributed by atoms with E-state index in [1.54, 1.807) is 21.5 Å². The lowest BCUT2D eigenvalue weighted by atomic mass is 10.00. The van der Waals surface area contributed by atoms with Crippen molar-refractivity contribution in [1.29, 1.82) is 0 Å². The molecule has 0 spiro atoms. The summed E-state index contributed by atoms with van der Waals surface area (Å²) in [6, 6.07) is 1.70. The molecular formula is C26H30F2N8O3. The number of pyridine rings is 1. The van der Waals surface area contributed by atoms with Gasteiger partial charge in [-0.05, 0) is 38.8 Å². The fraction of sp³-hybridized carbons (Fsp3) is 0.500. The van der Waals surface area contributed by atoms with Gasteiger partial charge >= 0.3 is 0 Å². The number of rotatable bonds is 7. The van der Waals surface area contributed by atoms with E-state index in [0.717, 1.165) is 35.7 Å². The zero-order chi connectivity index (χ0) is 27.3. The van der Waals surface area contributed by atoms with Gasteiger partial charge in [-0.25, -0.2) is 27.9 Å². The van der Waals surface area contributed by atoms with E-state index in [9.17, 15) is 9.50 Å². The van der Waals surface area contributed by atoms with Crippen LogP contribution in [0.15, 0.2) is 30.9 Å². The maximum absolute atomic E-state index is 15.3. The second-order valence-electron chi connectivity index (χ2n) is 10.5. The minimum Gasteiger partial charge on any atom is -0.488 e. The van der Waals surface area contributed by atoms with Crippen molar-refractivity contribution >= 4 is 5.52 Å². The topological polar surface area (TPSA) is 116 Å². The van der Waals surface area contributed by atoms with E-state index in [1.807, 2.05) is 20.0 Å². The van der Waals surface area contributed by atoms with E-state index < -0.39 is 23.6 Å². The molecule has 2 saturated heterocycles. The minimum absolute atomic E-state index is 0.0387. The number of aromatic nitrogens is 7. The van der Waals surface area contributed by atoms with Gasteiger partial charge < -0.3 is 14.6 Å². The largest absolute Gasteiger partial charge is 0.488 e. The Hall–Kier alpha value is -3.55. The van der Waals surface area contributed by atoms with Crippen LogP contribution in [0, 0.1) is 19.7 Å². The standard InChI is InChI=1S/C26H30F2N8O3/c1-15-7-31-35-10-17(6-22(24(15)35)39-14-26(3,37)25-29-8-18(27)9-30-25)23-16(2)36(33-32-23)21-4-5-34(11-20(21)28)19-12-38-13-19/h6-10,19-21,37H,4-5,11-14H2,1-3H3/t20-,21?,26+/m0/s1. The van der Waals surface area contributed by atoms with Gasteiger partial charge in [-0.3, -0.25) is 4.90 Å². The third kappa shape index (κ3) is 4.74. The Labute approximate surface area is 223 Å². The van der Waals surface area contributed by atoms with Crippen LogP contribution in [0.2, 0.25) is 0 Å². The number of piperidine rings is 1. The van der Waals surface area contributed by atoms with E-state index in [2.05, 4.69) is 30.3 Å². The summed E-state index contributed by atoms with van der Waals surface area (Å²) < 4.78 is 43.3. The van der Waals surface area contributed by atoms with Crippen LogP contribution < -0.4 is 4.74 Å². The van der Waals surface area contributed by atoms with Crippen molar-refractivity contribution < 1.29 is 23.4 Å². The highest BCUT2D eigenvalue weighted by atomic mass is 19.1. The monoisotopic (exact) mass is 540 g/mol. The van der Waals surface area contributed by atoms with Crippen molar-refractivity contribution in [2.45, 2.75) is 51.0 Å². The van der Waals surface area contributed by atoms with Crippen LogP contribution in [0.5, 0.6) is 5.75 Å².